The predicted octanol–water partition coefficient (Wildman–Crippen LogP) is 3.27. The molecule has 0 bridgehead atoms. The molecule has 84 valence electrons. The average Bonchev–Trinajstić information content (AvgIpc) is 2.60. The van der Waals surface area contributed by atoms with E-state index in [0.29, 0.717) is 5.92 Å². The second kappa shape index (κ2) is 3.96. The molecule has 16 heavy (non-hydrogen) atoms. The second-order valence-corrected chi connectivity index (χ2v) is 4.40. The number of benzene rings is 1. The summed E-state index contributed by atoms with van der Waals surface area (Å²) < 4.78 is 0. The molecule has 0 fully saturated rings. The highest BCUT2D eigenvalue weighted by molar-refractivity contribution is 5.85. The summed E-state index contributed by atoms with van der Waals surface area (Å²) in [6.07, 6.45) is 2.87. The summed E-state index contributed by atoms with van der Waals surface area (Å²) in [5.74, 6) is 0.540. The zero-order valence-corrected chi connectivity index (χ0v) is 9.36. The summed E-state index contributed by atoms with van der Waals surface area (Å²) in [4.78, 5) is 13.5. The standard InChI is InChI=1S/C12H14N2O2/c1-8(2)5-9-7-13-12-4-3-10(14(15)16)6-11(9)12/h3-4,6-8,13H,5H2,1-2H3. The van der Waals surface area contributed by atoms with Gasteiger partial charge in [-0.25, -0.2) is 0 Å². The zero-order valence-electron chi connectivity index (χ0n) is 9.36. The van der Waals surface area contributed by atoms with Crippen LogP contribution in [-0.2, 0) is 6.42 Å². The van der Waals surface area contributed by atoms with Gasteiger partial charge in [-0.3, -0.25) is 10.1 Å². The summed E-state index contributed by atoms with van der Waals surface area (Å²) >= 11 is 0. The molecule has 1 N–H and O–H groups in total. The molecule has 0 atom stereocenters. The summed E-state index contributed by atoms with van der Waals surface area (Å²) in [6, 6.07) is 4.93. The molecule has 0 aliphatic rings. The lowest BCUT2D eigenvalue weighted by molar-refractivity contribution is -0.384. The number of H-pyrrole nitrogens is 1. The molecule has 0 unspecified atom stereocenters. The minimum atomic E-state index is -0.356. The molecule has 4 heteroatoms. The molecule has 1 aromatic carbocycles. The third kappa shape index (κ3) is 1.91. The number of hydrogen-bond acceptors (Lipinski definition) is 2. The van der Waals surface area contributed by atoms with Gasteiger partial charge in [-0.05, 0) is 24.0 Å². The van der Waals surface area contributed by atoms with Gasteiger partial charge in [0.1, 0.15) is 0 Å². The van der Waals surface area contributed by atoms with Crippen LogP contribution in [0.4, 0.5) is 5.69 Å². The Labute approximate surface area is 93.4 Å². The molecule has 4 nitrogen and oxygen atoms in total. The van der Waals surface area contributed by atoms with Crippen molar-refractivity contribution in [2.24, 2.45) is 5.92 Å². The molecule has 0 aliphatic heterocycles. The van der Waals surface area contributed by atoms with Gasteiger partial charge in [0.05, 0.1) is 4.92 Å². The van der Waals surface area contributed by atoms with E-state index in [9.17, 15) is 10.1 Å². The minimum Gasteiger partial charge on any atom is -0.361 e. The fourth-order valence-electron chi connectivity index (χ4n) is 1.89. The Hall–Kier alpha value is -1.84. The first-order valence-electron chi connectivity index (χ1n) is 5.32. The Balaban J connectivity index is 2.51. The number of rotatable bonds is 3. The Morgan fingerprint density at radius 1 is 1.44 bits per heavy atom. The Morgan fingerprint density at radius 2 is 2.19 bits per heavy atom. The van der Waals surface area contributed by atoms with E-state index in [1.807, 2.05) is 6.20 Å². The van der Waals surface area contributed by atoms with Gasteiger partial charge in [0.25, 0.3) is 5.69 Å². The minimum absolute atomic E-state index is 0.150. The molecule has 0 spiro atoms. The van der Waals surface area contributed by atoms with Gasteiger partial charge < -0.3 is 4.98 Å². The van der Waals surface area contributed by atoms with Gasteiger partial charge >= 0.3 is 0 Å². The van der Waals surface area contributed by atoms with Crippen molar-refractivity contribution < 1.29 is 4.92 Å². The molecular formula is C12H14N2O2. The van der Waals surface area contributed by atoms with E-state index < -0.39 is 0 Å². The SMILES string of the molecule is CC(C)Cc1c[nH]c2ccc([N+](=O)[O-])cc12. The Kier molecular flexibility index (Phi) is 2.64. The molecular weight excluding hydrogens is 204 g/mol. The van der Waals surface area contributed by atoms with E-state index in [-0.39, 0.29) is 10.6 Å². The molecule has 0 radical (unpaired) electrons. The van der Waals surface area contributed by atoms with Gasteiger partial charge in [-0.2, -0.15) is 0 Å². The number of nitro benzene ring substituents is 1. The van der Waals surface area contributed by atoms with Crippen molar-refractivity contribution in [2.45, 2.75) is 20.3 Å². The number of nitrogens with one attached hydrogen (secondary N) is 1. The van der Waals surface area contributed by atoms with Crippen LogP contribution in [0.1, 0.15) is 19.4 Å². The van der Waals surface area contributed by atoms with Gasteiger partial charge in [0, 0.05) is 29.2 Å². The number of nitrogens with zero attached hydrogens (tertiary/aromatic N) is 1. The normalized spacial score (nSPS) is 11.2. The lowest BCUT2D eigenvalue weighted by atomic mass is 10.0. The zero-order chi connectivity index (χ0) is 11.7. The predicted molar refractivity (Wildman–Crippen MR) is 63.5 cm³/mol. The van der Waals surface area contributed by atoms with Crippen LogP contribution in [0.5, 0.6) is 0 Å². The van der Waals surface area contributed by atoms with Crippen LogP contribution in [0.15, 0.2) is 24.4 Å². The quantitative estimate of drug-likeness (QED) is 0.634. The maximum absolute atomic E-state index is 10.7. The Morgan fingerprint density at radius 3 is 2.81 bits per heavy atom. The van der Waals surface area contributed by atoms with Gasteiger partial charge in [-0.1, -0.05) is 13.8 Å². The van der Waals surface area contributed by atoms with Crippen molar-refractivity contribution in [1.82, 2.24) is 4.98 Å². The van der Waals surface area contributed by atoms with Crippen molar-refractivity contribution in [2.75, 3.05) is 0 Å². The molecule has 0 saturated heterocycles. The molecule has 1 heterocycles. The van der Waals surface area contributed by atoms with E-state index in [1.165, 1.54) is 6.07 Å². The van der Waals surface area contributed by atoms with Crippen LogP contribution < -0.4 is 0 Å². The lowest BCUT2D eigenvalue weighted by Gasteiger charge is -2.02. The molecule has 0 amide bonds. The van der Waals surface area contributed by atoms with E-state index in [0.717, 1.165) is 22.9 Å². The van der Waals surface area contributed by atoms with Crippen molar-refractivity contribution in [1.29, 1.82) is 0 Å². The van der Waals surface area contributed by atoms with Gasteiger partial charge in [0.15, 0.2) is 0 Å². The van der Waals surface area contributed by atoms with Crippen LogP contribution in [0, 0.1) is 16.0 Å². The van der Waals surface area contributed by atoms with E-state index >= 15 is 0 Å². The van der Waals surface area contributed by atoms with Crippen molar-refractivity contribution in [3.8, 4) is 0 Å². The summed E-state index contributed by atoms with van der Waals surface area (Å²) in [6.45, 7) is 4.27. The monoisotopic (exact) mass is 218 g/mol. The highest BCUT2D eigenvalue weighted by atomic mass is 16.6. The van der Waals surface area contributed by atoms with Gasteiger partial charge in [0.2, 0.25) is 0 Å². The topological polar surface area (TPSA) is 58.9 Å². The summed E-state index contributed by atoms with van der Waals surface area (Å²) in [5, 5.41) is 11.7. The third-order valence-electron chi connectivity index (χ3n) is 2.59. The van der Waals surface area contributed by atoms with E-state index in [1.54, 1.807) is 12.1 Å². The third-order valence-corrected chi connectivity index (χ3v) is 2.59. The first-order chi connectivity index (χ1) is 7.58. The number of non-ortho nitro benzene ring substituents is 1. The molecule has 1 aromatic heterocycles. The van der Waals surface area contributed by atoms with E-state index in [4.69, 9.17) is 0 Å². The fraction of sp³-hybridized carbons (Fsp3) is 0.333. The maximum Gasteiger partial charge on any atom is 0.270 e. The van der Waals surface area contributed by atoms with Gasteiger partial charge in [-0.15, -0.1) is 0 Å². The van der Waals surface area contributed by atoms with Crippen molar-refractivity contribution in [3.63, 3.8) is 0 Å². The van der Waals surface area contributed by atoms with Crippen LogP contribution >= 0.6 is 0 Å². The lowest BCUT2D eigenvalue weighted by Crippen LogP contribution is -1.93. The number of fused-ring (bicyclic) bond motifs is 1. The first kappa shape index (κ1) is 10.7. The molecule has 0 saturated carbocycles. The maximum atomic E-state index is 10.7. The number of aromatic nitrogens is 1. The van der Waals surface area contributed by atoms with Crippen LogP contribution in [0.3, 0.4) is 0 Å². The highest BCUT2D eigenvalue weighted by Crippen LogP contribution is 2.25. The smallest absolute Gasteiger partial charge is 0.270 e. The second-order valence-electron chi connectivity index (χ2n) is 4.40. The highest BCUT2D eigenvalue weighted by Gasteiger charge is 2.10. The van der Waals surface area contributed by atoms with Crippen molar-refractivity contribution >= 4 is 16.6 Å². The molecule has 2 rings (SSSR count). The number of hydrogen-bond donors (Lipinski definition) is 1. The van der Waals surface area contributed by atoms with Crippen LogP contribution in [0.25, 0.3) is 10.9 Å². The number of nitro groups is 1. The largest absolute Gasteiger partial charge is 0.361 e. The molecule has 2 aromatic rings. The summed E-state index contributed by atoms with van der Waals surface area (Å²) in [5.41, 5.74) is 2.26. The first-order valence-corrected chi connectivity index (χ1v) is 5.32. The average molecular weight is 218 g/mol. The van der Waals surface area contributed by atoms with Crippen LogP contribution in [0.2, 0.25) is 0 Å². The summed E-state index contributed by atoms with van der Waals surface area (Å²) in [7, 11) is 0. The molecule has 0 aliphatic carbocycles. The fourth-order valence-corrected chi connectivity index (χ4v) is 1.89. The van der Waals surface area contributed by atoms with Crippen molar-refractivity contribution in [3.05, 3.63) is 40.1 Å². The Bertz CT molecular complexity index is 529. The van der Waals surface area contributed by atoms with Crippen LogP contribution in [-0.4, -0.2) is 9.91 Å². The number of aromatic amines is 1. The van der Waals surface area contributed by atoms with E-state index in [2.05, 4.69) is 18.8 Å².